The average molecular weight is 448 g/mol. The SMILES string of the molecule is CCOC(=O)c1noc(-c2ccc(OCc3ccc(C)cc3)cc2)c1-c1ccc(Cl)cc1. The molecule has 3 aromatic carbocycles. The highest BCUT2D eigenvalue weighted by atomic mass is 35.5. The van der Waals surface area contributed by atoms with Gasteiger partial charge in [-0.1, -0.05) is 58.7 Å². The van der Waals surface area contributed by atoms with Crippen LogP contribution >= 0.6 is 11.6 Å². The Kier molecular flexibility index (Phi) is 6.57. The maximum Gasteiger partial charge on any atom is 0.361 e. The van der Waals surface area contributed by atoms with E-state index >= 15 is 0 Å². The summed E-state index contributed by atoms with van der Waals surface area (Å²) in [6, 6.07) is 22.8. The number of aryl methyl sites for hydroxylation is 1. The second kappa shape index (κ2) is 9.71. The van der Waals surface area contributed by atoms with Gasteiger partial charge in [0.05, 0.1) is 12.2 Å². The standard InChI is InChI=1S/C26H22ClNO4/c1-3-30-26(29)24-23(19-8-12-21(27)13-9-19)25(32-28-24)20-10-14-22(15-11-20)31-16-18-6-4-17(2)5-7-18/h4-15H,3,16H2,1-2H3. The van der Waals surface area contributed by atoms with E-state index in [-0.39, 0.29) is 12.3 Å². The Morgan fingerprint density at radius 1 is 0.938 bits per heavy atom. The summed E-state index contributed by atoms with van der Waals surface area (Å²) in [5, 5.41) is 4.60. The number of benzene rings is 3. The van der Waals surface area contributed by atoms with Gasteiger partial charge in [0.1, 0.15) is 12.4 Å². The first-order valence-electron chi connectivity index (χ1n) is 10.3. The fraction of sp³-hybridized carbons (Fsp3) is 0.154. The van der Waals surface area contributed by atoms with Crippen molar-refractivity contribution in [1.29, 1.82) is 0 Å². The second-order valence-electron chi connectivity index (χ2n) is 7.26. The van der Waals surface area contributed by atoms with Crippen molar-refractivity contribution in [3.05, 3.63) is 94.6 Å². The molecule has 0 aliphatic rings. The first-order chi connectivity index (χ1) is 15.5. The minimum absolute atomic E-state index is 0.129. The largest absolute Gasteiger partial charge is 0.489 e. The zero-order chi connectivity index (χ0) is 22.5. The van der Waals surface area contributed by atoms with Crippen molar-refractivity contribution in [3.8, 4) is 28.2 Å². The van der Waals surface area contributed by atoms with Crippen LogP contribution in [0.5, 0.6) is 5.75 Å². The summed E-state index contributed by atoms with van der Waals surface area (Å²) in [4.78, 5) is 12.5. The van der Waals surface area contributed by atoms with Crippen LogP contribution in [-0.4, -0.2) is 17.7 Å². The molecular weight excluding hydrogens is 426 g/mol. The van der Waals surface area contributed by atoms with Gasteiger partial charge in [0.15, 0.2) is 11.5 Å². The van der Waals surface area contributed by atoms with E-state index < -0.39 is 5.97 Å². The van der Waals surface area contributed by atoms with Crippen LogP contribution in [0.4, 0.5) is 0 Å². The van der Waals surface area contributed by atoms with Crippen LogP contribution in [0.25, 0.3) is 22.5 Å². The average Bonchev–Trinajstić information content (AvgIpc) is 3.25. The van der Waals surface area contributed by atoms with E-state index in [4.69, 9.17) is 25.6 Å². The third-order valence-corrected chi connectivity index (χ3v) is 5.19. The van der Waals surface area contributed by atoms with E-state index in [1.807, 2.05) is 48.5 Å². The zero-order valence-electron chi connectivity index (χ0n) is 17.8. The Morgan fingerprint density at radius 2 is 1.59 bits per heavy atom. The smallest absolute Gasteiger partial charge is 0.361 e. The molecule has 0 amide bonds. The fourth-order valence-corrected chi connectivity index (χ4v) is 3.39. The fourth-order valence-electron chi connectivity index (χ4n) is 3.26. The zero-order valence-corrected chi connectivity index (χ0v) is 18.6. The number of hydrogen-bond acceptors (Lipinski definition) is 5. The van der Waals surface area contributed by atoms with Crippen LogP contribution in [0.1, 0.15) is 28.5 Å². The molecule has 0 atom stereocenters. The summed E-state index contributed by atoms with van der Waals surface area (Å²) in [6.07, 6.45) is 0. The topological polar surface area (TPSA) is 61.6 Å². The van der Waals surface area contributed by atoms with Gasteiger partial charge >= 0.3 is 5.97 Å². The van der Waals surface area contributed by atoms with Crippen molar-refractivity contribution in [3.63, 3.8) is 0 Å². The Bertz CT molecular complexity index is 1200. The predicted molar refractivity (Wildman–Crippen MR) is 124 cm³/mol. The Labute approximate surface area is 191 Å². The van der Waals surface area contributed by atoms with Gasteiger partial charge in [-0.25, -0.2) is 4.79 Å². The van der Waals surface area contributed by atoms with Gasteiger partial charge in [-0.3, -0.25) is 0 Å². The van der Waals surface area contributed by atoms with Crippen LogP contribution in [0.3, 0.4) is 0 Å². The van der Waals surface area contributed by atoms with E-state index in [0.29, 0.717) is 23.0 Å². The van der Waals surface area contributed by atoms with E-state index in [1.54, 1.807) is 19.1 Å². The van der Waals surface area contributed by atoms with E-state index in [1.165, 1.54) is 5.56 Å². The molecule has 5 nitrogen and oxygen atoms in total. The lowest BCUT2D eigenvalue weighted by atomic mass is 9.99. The van der Waals surface area contributed by atoms with Crippen molar-refractivity contribution in [2.45, 2.75) is 20.5 Å². The molecule has 0 saturated carbocycles. The molecule has 1 heterocycles. The molecule has 0 saturated heterocycles. The highest BCUT2D eigenvalue weighted by Crippen LogP contribution is 2.36. The van der Waals surface area contributed by atoms with E-state index in [2.05, 4.69) is 24.2 Å². The molecule has 0 N–H and O–H groups in total. The number of carbonyl (C=O) groups is 1. The maximum atomic E-state index is 12.5. The third kappa shape index (κ3) is 4.84. The molecule has 32 heavy (non-hydrogen) atoms. The monoisotopic (exact) mass is 447 g/mol. The maximum absolute atomic E-state index is 12.5. The molecular formula is C26H22ClNO4. The van der Waals surface area contributed by atoms with E-state index in [9.17, 15) is 4.79 Å². The Balaban J connectivity index is 1.61. The molecule has 0 spiro atoms. The molecule has 0 bridgehead atoms. The van der Waals surface area contributed by atoms with E-state index in [0.717, 1.165) is 22.4 Å². The van der Waals surface area contributed by atoms with Crippen molar-refractivity contribution in [2.75, 3.05) is 6.61 Å². The quantitative estimate of drug-likeness (QED) is 0.294. The Hall–Kier alpha value is -3.57. The summed E-state index contributed by atoms with van der Waals surface area (Å²) >= 11 is 6.04. The van der Waals surface area contributed by atoms with Gasteiger partial charge < -0.3 is 14.0 Å². The molecule has 0 unspecified atom stereocenters. The van der Waals surface area contributed by atoms with Crippen molar-refractivity contribution < 1.29 is 18.8 Å². The molecule has 0 radical (unpaired) electrons. The van der Waals surface area contributed by atoms with Crippen LogP contribution in [0.15, 0.2) is 77.3 Å². The summed E-state index contributed by atoms with van der Waals surface area (Å²) in [6.45, 7) is 4.52. The number of hydrogen-bond donors (Lipinski definition) is 0. The van der Waals surface area contributed by atoms with Crippen LogP contribution in [-0.2, 0) is 11.3 Å². The lowest BCUT2D eigenvalue weighted by molar-refractivity contribution is 0.0515. The first-order valence-corrected chi connectivity index (χ1v) is 10.6. The van der Waals surface area contributed by atoms with Crippen LogP contribution in [0.2, 0.25) is 5.02 Å². The minimum atomic E-state index is -0.537. The van der Waals surface area contributed by atoms with Crippen molar-refractivity contribution in [1.82, 2.24) is 5.16 Å². The minimum Gasteiger partial charge on any atom is -0.489 e. The van der Waals surface area contributed by atoms with Crippen LogP contribution in [0, 0.1) is 6.92 Å². The number of ether oxygens (including phenoxy) is 2. The van der Waals surface area contributed by atoms with Gasteiger partial charge in [-0.2, -0.15) is 0 Å². The lowest BCUT2D eigenvalue weighted by Gasteiger charge is -2.08. The first kappa shape index (κ1) is 21.7. The van der Waals surface area contributed by atoms with Gasteiger partial charge in [-0.05, 0) is 61.4 Å². The lowest BCUT2D eigenvalue weighted by Crippen LogP contribution is -2.06. The molecule has 6 heteroatoms. The molecule has 4 rings (SSSR count). The molecule has 0 aliphatic heterocycles. The molecule has 1 aromatic heterocycles. The normalized spacial score (nSPS) is 10.7. The second-order valence-corrected chi connectivity index (χ2v) is 7.70. The van der Waals surface area contributed by atoms with Crippen molar-refractivity contribution in [2.24, 2.45) is 0 Å². The van der Waals surface area contributed by atoms with Crippen LogP contribution < -0.4 is 4.74 Å². The molecule has 0 fully saturated rings. The third-order valence-electron chi connectivity index (χ3n) is 4.94. The Morgan fingerprint density at radius 3 is 2.25 bits per heavy atom. The predicted octanol–water partition coefficient (Wildman–Crippen LogP) is 6.73. The van der Waals surface area contributed by atoms with Gasteiger partial charge in [0.2, 0.25) is 0 Å². The highest BCUT2D eigenvalue weighted by Gasteiger charge is 2.25. The summed E-state index contributed by atoms with van der Waals surface area (Å²) in [5.41, 5.74) is 4.52. The number of rotatable bonds is 7. The number of nitrogens with zero attached hydrogens (tertiary/aromatic N) is 1. The molecule has 0 aliphatic carbocycles. The van der Waals surface area contributed by atoms with Gasteiger partial charge in [0, 0.05) is 10.6 Å². The number of esters is 1. The summed E-state index contributed by atoms with van der Waals surface area (Å²) < 4.78 is 16.6. The number of halogens is 1. The molecule has 162 valence electrons. The van der Waals surface area contributed by atoms with Crippen molar-refractivity contribution >= 4 is 17.6 Å². The summed E-state index contributed by atoms with van der Waals surface area (Å²) in [5.74, 6) is 0.665. The number of aromatic nitrogens is 1. The summed E-state index contributed by atoms with van der Waals surface area (Å²) in [7, 11) is 0. The number of carbonyl (C=O) groups excluding carboxylic acids is 1. The van der Waals surface area contributed by atoms with Gasteiger partial charge in [-0.15, -0.1) is 0 Å². The molecule has 4 aromatic rings. The van der Waals surface area contributed by atoms with Gasteiger partial charge in [0.25, 0.3) is 0 Å². The highest BCUT2D eigenvalue weighted by molar-refractivity contribution is 6.30.